The van der Waals surface area contributed by atoms with Gasteiger partial charge in [0.05, 0.1) is 17.9 Å². The Bertz CT molecular complexity index is 879. The second-order valence-corrected chi connectivity index (χ2v) is 7.98. The van der Waals surface area contributed by atoms with Crippen LogP contribution in [0.3, 0.4) is 0 Å². The average molecular weight is 373 g/mol. The summed E-state index contributed by atoms with van der Waals surface area (Å²) < 4.78 is 0. The van der Waals surface area contributed by atoms with Crippen LogP contribution >= 0.6 is 22.7 Å². The van der Waals surface area contributed by atoms with Crippen LogP contribution in [0, 0.1) is 13.8 Å². The van der Waals surface area contributed by atoms with Gasteiger partial charge >= 0.3 is 0 Å². The van der Waals surface area contributed by atoms with E-state index in [2.05, 4.69) is 22.2 Å². The summed E-state index contributed by atoms with van der Waals surface area (Å²) in [6.07, 6.45) is 0. The average Bonchev–Trinajstić information content (AvgIpc) is 3.20. The zero-order valence-corrected chi connectivity index (χ0v) is 16.3. The summed E-state index contributed by atoms with van der Waals surface area (Å²) in [5.74, 6) is -0.105. The van der Waals surface area contributed by atoms with Gasteiger partial charge in [-0.3, -0.25) is 4.79 Å². The van der Waals surface area contributed by atoms with Crippen molar-refractivity contribution in [2.45, 2.75) is 20.4 Å². The maximum Gasteiger partial charge on any atom is 0.251 e. The van der Waals surface area contributed by atoms with Gasteiger partial charge in [-0.05, 0) is 26.0 Å². The highest BCUT2D eigenvalue weighted by Gasteiger charge is 2.11. The molecule has 0 aliphatic heterocycles. The maximum absolute atomic E-state index is 12.5. The van der Waals surface area contributed by atoms with Crippen molar-refractivity contribution in [2.24, 2.45) is 0 Å². The molecule has 25 heavy (non-hydrogen) atoms. The summed E-state index contributed by atoms with van der Waals surface area (Å²) in [6, 6.07) is 7.58. The van der Waals surface area contributed by atoms with Crippen molar-refractivity contribution in [3.05, 3.63) is 51.5 Å². The van der Waals surface area contributed by atoms with Gasteiger partial charge in [-0.1, -0.05) is 12.1 Å². The van der Waals surface area contributed by atoms with Gasteiger partial charge in [-0.15, -0.1) is 22.7 Å². The third kappa shape index (κ3) is 4.05. The Balaban J connectivity index is 1.70. The van der Waals surface area contributed by atoms with Gasteiger partial charge in [0.15, 0.2) is 5.13 Å². The van der Waals surface area contributed by atoms with Crippen LogP contribution in [0.1, 0.15) is 26.6 Å². The Labute approximate surface area is 155 Å². The zero-order valence-electron chi connectivity index (χ0n) is 14.7. The Morgan fingerprint density at radius 3 is 2.68 bits per heavy atom. The van der Waals surface area contributed by atoms with E-state index in [1.165, 1.54) is 4.88 Å². The topological polar surface area (TPSA) is 58.1 Å². The number of aryl methyl sites for hydroxylation is 2. The molecule has 130 valence electrons. The fourth-order valence-corrected chi connectivity index (χ4v) is 3.91. The Kier molecular flexibility index (Phi) is 5.15. The first kappa shape index (κ1) is 17.6. The molecule has 0 fully saturated rings. The van der Waals surface area contributed by atoms with Crippen LogP contribution in [0.25, 0.3) is 10.6 Å². The molecule has 0 saturated carbocycles. The largest absolute Gasteiger partial charge is 0.354 e. The number of nitrogens with zero attached hydrogens (tertiary/aromatic N) is 3. The molecule has 1 N–H and O–H groups in total. The number of amides is 1. The number of carbonyl (C=O) groups is 1. The van der Waals surface area contributed by atoms with Crippen molar-refractivity contribution < 1.29 is 4.79 Å². The monoisotopic (exact) mass is 372 g/mol. The lowest BCUT2D eigenvalue weighted by molar-refractivity contribution is 0.0950. The van der Waals surface area contributed by atoms with Gasteiger partial charge in [0.2, 0.25) is 0 Å². The van der Waals surface area contributed by atoms with Gasteiger partial charge < -0.3 is 10.2 Å². The van der Waals surface area contributed by atoms with Crippen molar-refractivity contribution in [1.82, 2.24) is 15.3 Å². The summed E-state index contributed by atoms with van der Waals surface area (Å²) in [5, 5.41) is 6.77. The highest BCUT2D eigenvalue weighted by molar-refractivity contribution is 7.15. The summed E-state index contributed by atoms with van der Waals surface area (Å²) >= 11 is 3.21. The third-order valence-corrected chi connectivity index (χ3v) is 5.93. The standard InChI is InChI=1S/C18H20N4OS2/c1-11-12(2)25-17(20-11)14-7-5-6-13(8-14)16(23)19-9-15-10-24-18(21-15)22(3)4/h5-8,10H,9H2,1-4H3,(H,19,23). The van der Waals surface area contributed by atoms with E-state index in [1.54, 1.807) is 22.7 Å². The van der Waals surface area contributed by atoms with E-state index < -0.39 is 0 Å². The molecule has 1 amide bonds. The van der Waals surface area contributed by atoms with E-state index in [-0.39, 0.29) is 5.91 Å². The van der Waals surface area contributed by atoms with E-state index in [9.17, 15) is 4.79 Å². The number of hydrogen-bond donors (Lipinski definition) is 1. The molecular weight excluding hydrogens is 352 g/mol. The van der Waals surface area contributed by atoms with Crippen LogP contribution in [-0.2, 0) is 6.54 Å². The molecule has 0 unspecified atom stereocenters. The normalized spacial score (nSPS) is 10.7. The van der Waals surface area contributed by atoms with Crippen molar-refractivity contribution in [1.29, 1.82) is 0 Å². The van der Waals surface area contributed by atoms with Gasteiger partial charge in [0.25, 0.3) is 5.91 Å². The molecule has 0 atom stereocenters. The Morgan fingerprint density at radius 2 is 2.04 bits per heavy atom. The fourth-order valence-electron chi connectivity index (χ4n) is 2.25. The lowest BCUT2D eigenvalue weighted by Gasteiger charge is -2.06. The molecule has 0 radical (unpaired) electrons. The van der Waals surface area contributed by atoms with E-state index in [0.29, 0.717) is 12.1 Å². The van der Waals surface area contributed by atoms with Crippen LogP contribution in [0.5, 0.6) is 0 Å². The number of nitrogens with one attached hydrogen (secondary N) is 1. The molecule has 1 aromatic carbocycles. The number of thiazole rings is 2. The molecular formula is C18H20N4OS2. The van der Waals surface area contributed by atoms with Crippen LogP contribution in [-0.4, -0.2) is 30.0 Å². The van der Waals surface area contributed by atoms with E-state index in [1.807, 2.05) is 55.6 Å². The van der Waals surface area contributed by atoms with Crippen molar-refractivity contribution in [2.75, 3.05) is 19.0 Å². The number of rotatable bonds is 5. The first-order chi connectivity index (χ1) is 11.9. The molecule has 2 heterocycles. The first-order valence-electron chi connectivity index (χ1n) is 7.88. The van der Waals surface area contributed by atoms with Gasteiger partial charge in [-0.2, -0.15) is 0 Å². The summed E-state index contributed by atoms with van der Waals surface area (Å²) in [7, 11) is 3.91. The second-order valence-electron chi connectivity index (χ2n) is 5.94. The quantitative estimate of drug-likeness (QED) is 0.738. The van der Waals surface area contributed by atoms with Crippen molar-refractivity contribution in [3.8, 4) is 10.6 Å². The van der Waals surface area contributed by atoms with Crippen LogP contribution < -0.4 is 10.2 Å². The minimum atomic E-state index is -0.105. The fraction of sp³-hybridized carbons (Fsp3) is 0.278. The predicted octanol–water partition coefficient (Wildman–Crippen LogP) is 3.88. The van der Waals surface area contributed by atoms with Gasteiger partial charge in [0, 0.05) is 35.5 Å². The molecule has 5 nitrogen and oxygen atoms in total. The minimum Gasteiger partial charge on any atom is -0.354 e. The SMILES string of the molecule is Cc1nc(-c2cccc(C(=O)NCc3csc(N(C)C)n3)c2)sc1C. The zero-order chi connectivity index (χ0) is 18.0. The Morgan fingerprint density at radius 1 is 1.24 bits per heavy atom. The number of aromatic nitrogens is 2. The summed E-state index contributed by atoms with van der Waals surface area (Å²) in [6.45, 7) is 4.48. The second kappa shape index (κ2) is 7.33. The van der Waals surface area contributed by atoms with E-state index in [0.717, 1.165) is 27.1 Å². The molecule has 0 aliphatic rings. The minimum absolute atomic E-state index is 0.105. The lowest BCUT2D eigenvalue weighted by Crippen LogP contribution is -2.23. The summed E-state index contributed by atoms with van der Waals surface area (Å²) in [5.41, 5.74) is 3.50. The molecule has 0 spiro atoms. The van der Waals surface area contributed by atoms with Crippen LogP contribution in [0.2, 0.25) is 0 Å². The highest BCUT2D eigenvalue weighted by atomic mass is 32.1. The van der Waals surface area contributed by atoms with Crippen LogP contribution in [0.15, 0.2) is 29.6 Å². The molecule has 0 aliphatic carbocycles. The summed E-state index contributed by atoms with van der Waals surface area (Å²) in [4.78, 5) is 24.6. The first-order valence-corrected chi connectivity index (χ1v) is 9.58. The number of benzene rings is 1. The smallest absolute Gasteiger partial charge is 0.251 e. The molecule has 3 rings (SSSR count). The van der Waals surface area contributed by atoms with Crippen molar-refractivity contribution in [3.63, 3.8) is 0 Å². The predicted molar refractivity (Wildman–Crippen MR) is 105 cm³/mol. The van der Waals surface area contributed by atoms with Gasteiger partial charge in [-0.25, -0.2) is 9.97 Å². The molecule has 0 bridgehead atoms. The molecule has 0 saturated heterocycles. The Hall–Kier alpha value is -2.25. The van der Waals surface area contributed by atoms with Crippen molar-refractivity contribution >= 4 is 33.7 Å². The van der Waals surface area contributed by atoms with Crippen LogP contribution in [0.4, 0.5) is 5.13 Å². The van der Waals surface area contributed by atoms with Gasteiger partial charge in [0.1, 0.15) is 5.01 Å². The highest BCUT2D eigenvalue weighted by Crippen LogP contribution is 2.27. The molecule has 3 aromatic rings. The lowest BCUT2D eigenvalue weighted by atomic mass is 10.1. The molecule has 2 aromatic heterocycles. The number of carbonyl (C=O) groups excluding carboxylic acids is 1. The molecule has 7 heteroatoms. The van der Waals surface area contributed by atoms with E-state index in [4.69, 9.17) is 0 Å². The van der Waals surface area contributed by atoms with E-state index >= 15 is 0 Å². The number of anilines is 1. The third-order valence-electron chi connectivity index (χ3n) is 3.75. The number of hydrogen-bond acceptors (Lipinski definition) is 6. The maximum atomic E-state index is 12.5.